The first-order chi connectivity index (χ1) is 9.08. The number of hydrogen-bond acceptors (Lipinski definition) is 2. The minimum absolute atomic E-state index is 0.0799. The van der Waals surface area contributed by atoms with Crippen LogP contribution >= 0.6 is 0 Å². The zero-order valence-corrected chi connectivity index (χ0v) is 9.91. The van der Waals surface area contributed by atoms with Crippen molar-refractivity contribution in [2.75, 3.05) is 11.9 Å². The van der Waals surface area contributed by atoms with Crippen LogP contribution in [0, 0.1) is 17.5 Å². The zero-order valence-electron chi connectivity index (χ0n) is 9.91. The van der Waals surface area contributed by atoms with Gasteiger partial charge in [0.05, 0.1) is 5.56 Å². The van der Waals surface area contributed by atoms with Crippen molar-refractivity contribution in [3.63, 3.8) is 0 Å². The summed E-state index contributed by atoms with van der Waals surface area (Å²) in [6.07, 6.45) is -1.33. The molecule has 2 N–H and O–H groups in total. The molecule has 0 aromatic heterocycles. The van der Waals surface area contributed by atoms with Crippen molar-refractivity contribution in [3.8, 4) is 0 Å². The summed E-state index contributed by atoms with van der Waals surface area (Å²) >= 11 is 0. The van der Waals surface area contributed by atoms with Crippen LogP contribution in [0.2, 0.25) is 0 Å². The van der Waals surface area contributed by atoms with Gasteiger partial charge in [-0.15, -0.1) is 0 Å². The number of rotatable bonds is 4. The predicted octanol–water partition coefficient (Wildman–Crippen LogP) is 3.25. The van der Waals surface area contributed by atoms with Crippen molar-refractivity contribution in [2.24, 2.45) is 0 Å². The number of aliphatic hydroxyl groups is 1. The van der Waals surface area contributed by atoms with Crippen molar-refractivity contribution in [1.82, 2.24) is 0 Å². The Balaban J connectivity index is 2.05. The smallest absolute Gasteiger partial charge is 0.132 e. The maximum atomic E-state index is 13.4. The largest absolute Gasteiger partial charge is 0.386 e. The van der Waals surface area contributed by atoms with Crippen LogP contribution in [0.4, 0.5) is 18.9 Å². The van der Waals surface area contributed by atoms with E-state index in [1.165, 1.54) is 30.3 Å². The topological polar surface area (TPSA) is 32.3 Å². The van der Waals surface area contributed by atoms with Gasteiger partial charge >= 0.3 is 0 Å². The Morgan fingerprint density at radius 2 is 1.53 bits per heavy atom. The molecule has 2 rings (SSSR count). The number of halogens is 3. The first-order valence-electron chi connectivity index (χ1n) is 5.69. The second kappa shape index (κ2) is 5.75. The molecule has 0 bridgehead atoms. The normalized spacial score (nSPS) is 12.2. The highest BCUT2D eigenvalue weighted by Gasteiger charge is 2.17. The van der Waals surface area contributed by atoms with Gasteiger partial charge in [-0.2, -0.15) is 0 Å². The fraction of sp³-hybridized carbons (Fsp3) is 0.143. The average molecular weight is 267 g/mol. The molecule has 5 heteroatoms. The van der Waals surface area contributed by atoms with E-state index < -0.39 is 17.7 Å². The van der Waals surface area contributed by atoms with Gasteiger partial charge in [-0.1, -0.05) is 6.07 Å². The quantitative estimate of drug-likeness (QED) is 0.891. The van der Waals surface area contributed by atoms with Crippen molar-refractivity contribution in [3.05, 3.63) is 65.5 Å². The lowest BCUT2D eigenvalue weighted by Crippen LogP contribution is -2.15. The third-order valence-electron chi connectivity index (χ3n) is 2.68. The molecule has 2 nitrogen and oxygen atoms in total. The van der Waals surface area contributed by atoms with E-state index in [0.29, 0.717) is 5.69 Å². The van der Waals surface area contributed by atoms with Crippen LogP contribution in [-0.2, 0) is 0 Å². The van der Waals surface area contributed by atoms with Gasteiger partial charge in [-0.3, -0.25) is 0 Å². The van der Waals surface area contributed by atoms with Crippen molar-refractivity contribution in [1.29, 1.82) is 0 Å². The number of benzene rings is 2. The van der Waals surface area contributed by atoms with Gasteiger partial charge in [0.15, 0.2) is 0 Å². The average Bonchev–Trinajstić information content (AvgIpc) is 2.38. The van der Waals surface area contributed by atoms with E-state index in [1.807, 2.05) is 0 Å². The van der Waals surface area contributed by atoms with E-state index >= 15 is 0 Å². The minimum Gasteiger partial charge on any atom is -0.386 e. The lowest BCUT2D eigenvalue weighted by molar-refractivity contribution is 0.181. The molecule has 1 unspecified atom stereocenters. The van der Waals surface area contributed by atoms with Crippen molar-refractivity contribution < 1.29 is 18.3 Å². The standard InChI is InChI=1S/C14H12F3NO/c15-9-4-6-10(7-5-9)18-8-13(19)14-11(16)2-1-3-12(14)17/h1-7,13,18-19H,8H2. The van der Waals surface area contributed by atoms with Crippen LogP contribution in [-0.4, -0.2) is 11.7 Å². The molecule has 0 spiro atoms. The third-order valence-corrected chi connectivity index (χ3v) is 2.68. The monoisotopic (exact) mass is 267 g/mol. The summed E-state index contributed by atoms with van der Waals surface area (Å²) in [7, 11) is 0. The van der Waals surface area contributed by atoms with Gasteiger partial charge in [-0.05, 0) is 36.4 Å². The molecule has 0 aliphatic carbocycles. The maximum Gasteiger partial charge on any atom is 0.132 e. The number of anilines is 1. The molecule has 100 valence electrons. The van der Waals surface area contributed by atoms with E-state index in [-0.39, 0.29) is 17.9 Å². The number of hydrogen-bond donors (Lipinski definition) is 2. The highest BCUT2D eigenvalue weighted by molar-refractivity contribution is 5.43. The molecule has 0 saturated carbocycles. The molecule has 0 radical (unpaired) electrons. The number of aliphatic hydroxyl groups excluding tert-OH is 1. The van der Waals surface area contributed by atoms with Gasteiger partial charge in [0.1, 0.15) is 23.6 Å². The Morgan fingerprint density at radius 1 is 0.947 bits per heavy atom. The highest BCUT2D eigenvalue weighted by atomic mass is 19.1. The fourth-order valence-corrected chi connectivity index (χ4v) is 1.71. The molecule has 0 aliphatic heterocycles. The Bertz CT molecular complexity index is 537. The van der Waals surface area contributed by atoms with Gasteiger partial charge < -0.3 is 10.4 Å². The molecule has 2 aromatic rings. The van der Waals surface area contributed by atoms with E-state index in [2.05, 4.69) is 5.32 Å². The highest BCUT2D eigenvalue weighted by Crippen LogP contribution is 2.21. The summed E-state index contributed by atoms with van der Waals surface area (Å²) in [5, 5.41) is 12.6. The Hall–Kier alpha value is -2.01. The van der Waals surface area contributed by atoms with E-state index in [9.17, 15) is 18.3 Å². The van der Waals surface area contributed by atoms with Crippen LogP contribution in [0.1, 0.15) is 11.7 Å². The predicted molar refractivity (Wildman–Crippen MR) is 66.2 cm³/mol. The fourth-order valence-electron chi connectivity index (χ4n) is 1.71. The van der Waals surface area contributed by atoms with Crippen LogP contribution in [0.15, 0.2) is 42.5 Å². The summed E-state index contributed by atoms with van der Waals surface area (Å²) in [6, 6.07) is 8.84. The third kappa shape index (κ3) is 3.26. The molecular formula is C14H12F3NO. The minimum atomic E-state index is -1.33. The molecule has 0 amide bonds. The molecule has 2 aromatic carbocycles. The van der Waals surface area contributed by atoms with Crippen LogP contribution in [0.3, 0.4) is 0 Å². The lowest BCUT2D eigenvalue weighted by Gasteiger charge is -2.14. The zero-order chi connectivity index (χ0) is 13.8. The molecule has 0 heterocycles. The second-order valence-electron chi connectivity index (χ2n) is 4.04. The van der Waals surface area contributed by atoms with E-state index in [4.69, 9.17) is 0 Å². The van der Waals surface area contributed by atoms with Crippen LogP contribution in [0.5, 0.6) is 0 Å². The molecule has 0 aliphatic rings. The number of nitrogens with one attached hydrogen (secondary N) is 1. The Labute approximate surface area is 108 Å². The summed E-state index contributed by atoms with van der Waals surface area (Å²) in [6.45, 7) is -0.0799. The summed E-state index contributed by atoms with van der Waals surface area (Å²) < 4.78 is 39.5. The second-order valence-corrected chi connectivity index (χ2v) is 4.04. The molecular weight excluding hydrogens is 255 g/mol. The molecule has 0 fully saturated rings. The molecule has 19 heavy (non-hydrogen) atoms. The van der Waals surface area contributed by atoms with E-state index in [0.717, 1.165) is 12.1 Å². The first-order valence-corrected chi connectivity index (χ1v) is 5.69. The van der Waals surface area contributed by atoms with Crippen LogP contribution in [0.25, 0.3) is 0 Å². The SMILES string of the molecule is OC(CNc1ccc(F)cc1)c1c(F)cccc1F. The van der Waals surface area contributed by atoms with Crippen molar-refractivity contribution in [2.45, 2.75) is 6.10 Å². The van der Waals surface area contributed by atoms with Gasteiger partial charge in [-0.25, -0.2) is 13.2 Å². The summed E-state index contributed by atoms with van der Waals surface area (Å²) in [4.78, 5) is 0. The first kappa shape index (κ1) is 13.4. The summed E-state index contributed by atoms with van der Waals surface area (Å²) in [5.41, 5.74) is 0.175. The van der Waals surface area contributed by atoms with Crippen molar-refractivity contribution >= 4 is 5.69 Å². The van der Waals surface area contributed by atoms with Gasteiger partial charge in [0.25, 0.3) is 0 Å². The summed E-state index contributed by atoms with van der Waals surface area (Å²) in [5.74, 6) is -1.98. The molecule has 1 atom stereocenters. The van der Waals surface area contributed by atoms with E-state index in [1.54, 1.807) is 0 Å². The van der Waals surface area contributed by atoms with Gasteiger partial charge in [0.2, 0.25) is 0 Å². The maximum absolute atomic E-state index is 13.4. The van der Waals surface area contributed by atoms with Gasteiger partial charge in [0, 0.05) is 12.2 Å². The molecule has 0 saturated heterocycles. The Morgan fingerprint density at radius 3 is 2.11 bits per heavy atom. The Kier molecular flexibility index (Phi) is 4.06. The lowest BCUT2D eigenvalue weighted by atomic mass is 10.1. The van der Waals surface area contributed by atoms with Crippen LogP contribution < -0.4 is 5.32 Å².